The van der Waals surface area contributed by atoms with Crippen LogP contribution < -0.4 is 10.6 Å². The van der Waals surface area contributed by atoms with Gasteiger partial charge in [0.25, 0.3) is 0 Å². The maximum atomic E-state index is 13.9. The molecule has 4 atom stereocenters. The van der Waals surface area contributed by atoms with Crippen LogP contribution in [0, 0.1) is 0 Å². The molecule has 0 spiro atoms. The van der Waals surface area contributed by atoms with Crippen molar-refractivity contribution in [2.24, 2.45) is 0 Å². The van der Waals surface area contributed by atoms with Gasteiger partial charge in [-0.3, -0.25) is 9.69 Å². The Morgan fingerprint density at radius 1 is 0.953 bits per heavy atom. The van der Waals surface area contributed by atoms with Crippen LogP contribution in [0.5, 0.6) is 0 Å². The van der Waals surface area contributed by atoms with E-state index in [1.54, 1.807) is 20.8 Å². The molecule has 234 valence electrons. The first-order valence-corrected chi connectivity index (χ1v) is 15.2. The maximum Gasteiger partial charge on any atom is 0.407 e. The van der Waals surface area contributed by atoms with E-state index in [1.165, 1.54) is 0 Å². The van der Waals surface area contributed by atoms with Crippen LogP contribution in [-0.2, 0) is 36.8 Å². The Morgan fingerprint density at radius 3 is 2.12 bits per heavy atom. The molecular weight excluding hydrogens is 617 g/mol. The Balaban J connectivity index is 1.85. The van der Waals surface area contributed by atoms with Crippen LogP contribution in [0.2, 0.25) is 0 Å². The van der Waals surface area contributed by atoms with Crippen molar-refractivity contribution in [2.75, 3.05) is 6.61 Å². The molecule has 2 aromatic rings. The topological polar surface area (TPSA) is 114 Å². The summed E-state index contributed by atoms with van der Waals surface area (Å²) in [4.78, 5) is 53.3. The second-order valence-corrected chi connectivity index (χ2v) is 14.0. The Hall–Kier alpha value is -2.85. The van der Waals surface area contributed by atoms with Crippen LogP contribution in [0.1, 0.15) is 51.2 Å². The Kier molecular flexibility index (Phi) is 12.7. The molecule has 2 N–H and O–H groups in total. The molecule has 1 heterocycles. The highest BCUT2D eigenvalue weighted by Gasteiger charge is 2.43. The molecule has 0 unspecified atom stereocenters. The third-order valence-corrected chi connectivity index (χ3v) is 7.18. The molecule has 0 saturated carbocycles. The van der Waals surface area contributed by atoms with E-state index < -0.39 is 52.2 Å². The fourth-order valence-electron chi connectivity index (χ4n) is 5.07. The van der Waals surface area contributed by atoms with Crippen molar-refractivity contribution in [3.8, 4) is 0 Å². The van der Waals surface area contributed by atoms with E-state index in [0.717, 1.165) is 11.1 Å². The van der Waals surface area contributed by atoms with Crippen LogP contribution in [0.4, 0.5) is 4.79 Å². The number of likely N-dealkylation sites (tertiary alicyclic amines) is 1. The number of alkyl halides is 3. The number of nitrogens with zero attached hydrogens (tertiary/aromatic N) is 1. The summed E-state index contributed by atoms with van der Waals surface area (Å²) in [5.41, 5.74) is 1.06. The van der Waals surface area contributed by atoms with Crippen LogP contribution in [0.25, 0.3) is 0 Å². The van der Waals surface area contributed by atoms with Gasteiger partial charge in [-0.2, -0.15) is 0 Å². The highest BCUT2D eigenvalue weighted by molar-refractivity contribution is 6.67. The van der Waals surface area contributed by atoms with Gasteiger partial charge in [-0.25, -0.2) is 9.59 Å². The van der Waals surface area contributed by atoms with Gasteiger partial charge in [0.05, 0.1) is 12.1 Å². The summed E-state index contributed by atoms with van der Waals surface area (Å²) in [6, 6.07) is 16.2. The summed E-state index contributed by atoms with van der Waals surface area (Å²) in [7, 11) is 0. The van der Waals surface area contributed by atoms with Crippen molar-refractivity contribution in [2.45, 2.75) is 86.6 Å². The van der Waals surface area contributed by atoms with E-state index in [-0.39, 0.29) is 18.7 Å². The number of hydrogen-bond acceptors (Lipinski definition) is 7. The van der Waals surface area contributed by atoms with Gasteiger partial charge in [0.15, 0.2) is 0 Å². The van der Waals surface area contributed by atoms with E-state index in [0.29, 0.717) is 25.7 Å². The lowest BCUT2D eigenvalue weighted by Gasteiger charge is -2.35. The molecule has 2 aromatic carbocycles. The molecule has 1 aliphatic rings. The number of aldehydes is 1. The number of amides is 2. The molecule has 2 amide bonds. The fraction of sp³-hybridized carbons (Fsp3) is 0.484. The summed E-state index contributed by atoms with van der Waals surface area (Å²) in [6.07, 6.45) is 0.993. The predicted molar refractivity (Wildman–Crippen MR) is 166 cm³/mol. The summed E-state index contributed by atoms with van der Waals surface area (Å²) in [6.45, 7) is 5.20. The van der Waals surface area contributed by atoms with Gasteiger partial charge >= 0.3 is 12.1 Å². The smallest absolute Gasteiger partial charge is 0.407 e. The quantitative estimate of drug-likeness (QED) is 0.185. The lowest BCUT2D eigenvalue weighted by molar-refractivity contribution is -0.159. The van der Waals surface area contributed by atoms with Crippen LogP contribution in [0.3, 0.4) is 0 Å². The van der Waals surface area contributed by atoms with Gasteiger partial charge in [-0.1, -0.05) is 95.5 Å². The predicted octanol–water partition coefficient (Wildman–Crippen LogP) is 5.14. The number of halogens is 3. The number of carbonyl (C=O) groups excluding carboxylic acids is 4. The zero-order valence-corrected chi connectivity index (χ0v) is 26.7. The van der Waals surface area contributed by atoms with E-state index in [1.807, 2.05) is 65.6 Å². The summed E-state index contributed by atoms with van der Waals surface area (Å²) >= 11 is 17.1. The van der Waals surface area contributed by atoms with Gasteiger partial charge in [-0.05, 0) is 44.7 Å². The second kappa shape index (κ2) is 15.7. The molecule has 1 fully saturated rings. The largest absolute Gasteiger partial charge is 0.458 e. The first-order valence-electron chi connectivity index (χ1n) is 14.1. The van der Waals surface area contributed by atoms with Crippen LogP contribution in [-0.4, -0.2) is 69.3 Å². The molecular formula is C31H38Cl3N3O6. The lowest BCUT2D eigenvalue weighted by atomic mass is 10.0. The van der Waals surface area contributed by atoms with Crippen LogP contribution in [0.15, 0.2) is 60.7 Å². The number of carbonyl (C=O) groups is 4. The van der Waals surface area contributed by atoms with Crippen molar-refractivity contribution < 1.29 is 28.7 Å². The molecule has 0 radical (unpaired) electrons. The molecule has 12 heteroatoms. The van der Waals surface area contributed by atoms with E-state index in [4.69, 9.17) is 44.3 Å². The first-order chi connectivity index (χ1) is 20.3. The number of alkyl carbamates (subject to hydrolysis) is 1. The molecule has 0 aromatic heterocycles. The number of ether oxygens (including phenoxy) is 2. The zero-order chi connectivity index (χ0) is 31.6. The number of nitrogens with one attached hydrogen (secondary N) is 2. The Labute approximate surface area is 267 Å². The van der Waals surface area contributed by atoms with Gasteiger partial charge in [-0.15, -0.1) is 0 Å². The SMILES string of the molecule is CC(C)(C)OC(=O)[C@H](Cc1ccccc1)NC(=O)[C@@H]1CC[C@@H]([C@H](CC=O)NC(=O)OCC(Cl)(Cl)Cl)N1Cc1ccccc1. The van der Waals surface area contributed by atoms with Gasteiger partial charge in [0.2, 0.25) is 9.70 Å². The van der Waals surface area contributed by atoms with Crippen molar-refractivity contribution in [1.82, 2.24) is 15.5 Å². The first kappa shape index (κ1) is 34.6. The maximum absolute atomic E-state index is 13.9. The van der Waals surface area contributed by atoms with Crippen molar-refractivity contribution >= 4 is 59.1 Å². The van der Waals surface area contributed by atoms with E-state index in [9.17, 15) is 19.2 Å². The van der Waals surface area contributed by atoms with Gasteiger partial charge in [0.1, 0.15) is 24.5 Å². The van der Waals surface area contributed by atoms with Crippen molar-refractivity contribution in [1.29, 1.82) is 0 Å². The number of rotatable bonds is 12. The Morgan fingerprint density at radius 2 is 1.56 bits per heavy atom. The zero-order valence-electron chi connectivity index (χ0n) is 24.4. The molecule has 0 bridgehead atoms. The van der Waals surface area contributed by atoms with Crippen molar-refractivity contribution in [3.05, 3.63) is 71.8 Å². The monoisotopic (exact) mass is 653 g/mol. The third kappa shape index (κ3) is 11.6. The minimum atomic E-state index is -1.79. The number of benzene rings is 2. The third-order valence-electron chi connectivity index (χ3n) is 6.85. The van der Waals surface area contributed by atoms with E-state index in [2.05, 4.69) is 10.6 Å². The Bertz CT molecular complexity index is 1220. The van der Waals surface area contributed by atoms with Crippen molar-refractivity contribution in [3.63, 3.8) is 0 Å². The lowest BCUT2D eigenvalue weighted by Crippen LogP contribution is -2.55. The minimum absolute atomic E-state index is 0.0261. The number of hydrogen-bond donors (Lipinski definition) is 2. The molecule has 3 rings (SSSR count). The minimum Gasteiger partial charge on any atom is -0.458 e. The second-order valence-electron chi connectivity index (χ2n) is 11.4. The molecule has 0 aliphatic carbocycles. The summed E-state index contributed by atoms with van der Waals surface area (Å²) < 4.78 is 8.89. The summed E-state index contributed by atoms with van der Waals surface area (Å²) in [5.74, 6) is -0.889. The highest BCUT2D eigenvalue weighted by atomic mass is 35.6. The van der Waals surface area contributed by atoms with Gasteiger partial charge in [0, 0.05) is 25.4 Å². The average Bonchev–Trinajstić information content (AvgIpc) is 3.34. The highest BCUT2D eigenvalue weighted by Crippen LogP contribution is 2.30. The fourth-order valence-corrected chi connectivity index (χ4v) is 5.23. The molecule has 1 saturated heterocycles. The van der Waals surface area contributed by atoms with Crippen LogP contribution >= 0.6 is 34.8 Å². The molecule has 43 heavy (non-hydrogen) atoms. The molecule has 1 aliphatic heterocycles. The van der Waals surface area contributed by atoms with E-state index >= 15 is 0 Å². The van der Waals surface area contributed by atoms with Gasteiger partial charge < -0.3 is 24.9 Å². The normalized spacial score (nSPS) is 18.7. The number of esters is 1. The average molecular weight is 655 g/mol. The summed E-state index contributed by atoms with van der Waals surface area (Å²) in [5, 5.41) is 5.64. The molecule has 9 nitrogen and oxygen atoms in total. The standard InChI is InChI=1S/C31H38Cl3N3O6/c1-30(2,3)43-28(40)24(18-21-10-6-4-7-11-21)35-27(39)26-15-14-25(37(26)19-22-12-8-5-9-13-22)23(16-17-38)36-29(41)42-20-31(32,33)34/h4-13,17,23-26H,14-16,18-20H2,1-3H3,(H,35,39)(H,36,41)/t23-,24-,25-,26-/m0/s1.